The van der Waals surface area contributed by atoms with Gasteiger partial charge in [-0.3, -0.25) is 4.79 Å². The third-order valence-corrected chi connectivity index (χ3v) is 4.92. The summed E-state index contributed by atoms with van der Waals surface area (Å²) in [5.74, 6) is 1.67. The molecule has 1 fully saturated rings. The van der Waals surface area contributed by atoms with E-state index in [1.807, 2.05) is 12.3 Å². The number of nitrogens with one attached hydrogen (secondary N) is 1. The van der Waals surface area contributed by atoms with Crippen LogP contribution in [-0.2, 0) is 11.2 Å². The van der Waals surface area contributed by atoms with Crippen molar-refractivity contribution in [3.8, 4) is 0 Å². The second-order valence-corrected chi connectivity index (χ2v) is 7.47. The average molecular weight is 307 g/mol. The van der Waals surface area contributed by atoms with Crippen molar-refractivity contribution in [1.29, 1.82) is 0 Å². The molecule has 1 aliphatic rings. The Kier molecular flexibility index (Phi) is 5.51. The summed E-state index contributed by atoms with van der Waals surface area (Å²) in [6.45, 7) is 8.67. The van der Waals surface area contributed by atoms with Crippen LogP contribution in [0.2, 0.25) is 0 Å². The molecule has 1 aromatic heterocycles. The molecular weight excluding hydrogens is 282 g/mol. The predicted octanol–water partition coefficient (Wildman–Crippen LogP) is 3.56. The van der Waals surface area contributed by atoms with Crippen LogP contribution in [0.4, 0.5) is 0 Å². The molecule has 0 unspecified atom stereocenters. The van der Waals surface area contributed by atoms with E-state index in [4.69, 9.17) is 0 Å². The van der Waals surface area contributed by atoms with Gasteiger partial charge >= 0.3 is 0 Å². The van der Waals surface area contributed by atoms with Gasteiger partial charge in [-0.15, -0.1) is 11.3 Å². The highest BCUT2D eigenvalue weighted by molar-refractivity contribution is 7.09. The molecule has 0 aliphatic heterocycles. The highest BCUT2D eigenvalue weighted by Gasteiger charge is 2.27. The van der Waals surface area contributed by atoms with Crippen LogP contribution < -0.4 is 5.43 Å². The molecule has 1 amide bonds. The zero-order chi connectivity index (χ0) is 15.4. The van der Waals surface area contributed by atoms with Gasteiger partial charge < -0.3 is 0 Å². The Morgan fingerprint density at radius 2 is 2.29 bits per heavy atom. The first kappa shape index (κ1) is 16.1. The van der Waals surface area contributed by atoms with Gasteiger partial charge in [0.05, 0.1) is 17.1 Å². The normalized spacial score (nSPS) is 24.5. The van der Waals surface area contributed by atoms with Gasteiger partial charge in [0, 0.05) is 17.0 Å². The molecular formula is C16H25N3OS. The highest BCUT2D eigenvalue weighted by Crippen LogP contribution is 2.31. The second-order valence-electron chi connectivity index (χ2n) is 6.41. The number of rotatable bonds is 4. The number of carbonyl (C=O) groups excluding carboxylic acids is 1. The van der Waals surface area contributed by atoms with Gasteiger partial charge in [0.25, 0.3) is 0 Å². The Bertz CT molecular complexity index is 521. The van der Waals surface area contributed by atoms with Crippen molar-refractivity contribution in [1.82, 2.24) is 10.4 Å². The van der Waals surface area contributed by atoms with Crippen molar-refractivity contribution in [3.05, 3.63) is 16.1 Å². The van der Waals surface area contributed by atoms with Gasteiger partial charge in [-0.25, -0.2) is 10.4 Å². The summed E-state index contributed by atoms with van der Waals surface area (Å²) in [6, 6.07) is 0. The molecule has 0 bridgehead atoms. The van der Waals surface area contributed by atoms with Crippen molar-refractivity contribution in [3.63, 3.8) is 0 Å². The van der Waals surface area contributed by atoms with E-state index in [-0.39, 0.29) is 5.91 Å². The standard InChI is InChI=1S/C16H25N3OS/c1-10(2)14-6-5-11(3)7-15(14)18-19-16(20)8-13-9-21-12(4)17-13/h9-11,14H,5-8H2,1-4H3,(H,19,20)/t11-,14-/m0/s1. The largest absolute Gasteiger partial charge is 0.273 e. The first-order chi connectivity index (χ1) is 9.95. The van der Waals surface area contributed by atoms with Crippen LogP contribution >= 0.6 is 11.3 Å². The first-order valence-electron chi connectivity index (χ1n) is 7.72. The van der Waals surface area contributed by atoms with Gasteiger partial charge in [0.1, 0.15) is 0 Å². The van der Waals surface area contributed by atoms with Gasteiger partial charge in [-0.05, 0) is 38.0 Å². The minimum Gasteiger partial charge on any atom is -0.273 e. The van der Waals surface area contributed by atoms with Crippen molar-refractivity contribution in [2.24, 2.45) is 22.9 Å². The summed E-state index contributed by atoms with van der Waals surface area (Å²) < 4.78 is 0. The molecule has 1 aliphatic carbocycles. The number of aryl methyl sites for hydroxylation is 1. The maximum absolute atomic E-state index is 12.0. The molecule has 116 valence electrons. The van der Waals surface area contributed by atoms with E-state index in [2.05, 4.69) is 36.3 Å². The lowest BCUT2D eigenvalue weighted by Gasteiger charge is -2.30. The quantitative estimate of drug-likeness (QED) is 0.865. The second kappa shape index (κ2) is 7.16. The Balaban J connectivity index is 1.95. The van der Waals surface area contributed by atoms with Crippen LogP contribution in [0.15, 0.2) is 10.5 Å². The molecule has 1 heterocycles. The van der Waals surface area contributed by atoms with Crippen LogP contribution in [0.1, 0.15) is 50.7 Å². The van der Waals surface area contributed by atoms with E-state index < -0.39 is 0 Å². The third-order valence-electron chi connectivity index (χ3n) is 4.09. The van der Waals surface area contributed by atoms with Crippen molar-refractivity contribution in [2.75, 3.05) is 0 Å². The number of hydrogen-bond acceptors (Lipinski definition) is 4. The summed E-state index contributed by atoms with van der Waals surface area (Å²) in [6.07, 6.45) is 3.74. The number of aromatic nitrogens is 1. The van der Waals surface area contributed by atoms with E-state index in [0.717, 1.165) is 22.8 Å². The Labute approximate surface area is 131 Å². The van der Waals surface area contributed by atoms with Crippen LogP contribution in [0, 0.1) is 24.7 Å². The predicted molar refractivity (Wildman–Crippen MR) is 87.5 cm³/mol. The van der Waals surface area contributed by atoms with E-state index >= 15 is 0 Å². The first-order valence-corrected chi connectivity index (χ1v) is 8.60. The summed E-state index contributed by atoms with van der Waals surface area (Å²) in [7, 11) is 0. The van der Waals surface area contributed by atoms with Crippen LogP contribution in [-0.4, -0.2) is 16.6 Å². The molecule has 21 heavy (non-hydrogen) atoms. The molecule has 0 radical (unpaired) electrons. The molecule has 0 aromatic carbocycles. The van der Waals surface area contributed by atoms with E-state index in [1.165, 1.54) is 12.8 Å². The Morgan fingerprint density at radius 3 is 2.90 bits per heavy atom. The minimum atomic E-state index is -0.0754. The van der Waals surface area contributed by atoms with Crippen molar-refractivity contribution >= 4 is 23.0 Å². The maximum atomic E-state index is 12.0. The monoisotopic (exact) mass is 307 g/mol. The molecule has 1 saturated carbocycles. The lowest BCUT2D eigenvalue weighted by atomic mass is 9.76. The van der Waals surface area contributed by atoms with Crippen LogP contribution in [0.5, 0.6) is 0 Å². The topological polar surface area (TPSA) is 54.4 Å². The molecule has 1 aromatic rings. The highest BCUT2D eigenvalue weighted by atomic mass is 32.1. The molecule has 2 atom stereocenters. The number of carbonyl (C=O) groups is 1. The molecule has 4 nitrogen and oxygen atoms in total. The van der Waals surface area contributed by atoms with Crippen LogP contribution in [0.3, 0.4) is 0 Å². The summed E-state index contributed by atoms with van der Waals surface area (Å²) in [5, 5.41) is 7.35. The number of nitrogens with zero attached hydrogens (tertiary/aromatic N) is 2. The molecule has 0 saturated heterocycles. The number of amides is 1. The maximum Gasteiger partial charge on any atom is 0.246 e. The number of hydrazone groups is 1. The fourth-order valence-corrected chi connectivity index (χ4v) is 3.53. The summed E-state index contributed by atoms with van der Waals surface area (Å²) in [4.78, 5) is 16.3. The van der Waals surface area contributed by atoms with Gasteiger partial charge in [0.2, 0.25) is 5.91 Å². The Morgan fingerprint density at radius 1 is 1.52 bits per heavy atom. The number of hydrogen-bond donors (Lipinski definition) is 1. The molecule has 2 rings (SSSR count). The summed E-state index contributed by atoms with van der Waals surface area (Å²) in [5.41, 5.74) is 4.71. The number of thiazole rings is 1. The fraction of sp³-hybridized carbons (Fsp3) is 0.688. The summed E-state index contributed by atoms with van der Waals surface area (Å²) >= 11 is 1.57. The lowest BCUT2D eigenvalue weighted by Crippen LogP contribution is -2.31. The fourth-order valence-electron chi connectivity index (χ4n) is 2.92. The van der Waals surface area contributed by atoms with Crippen molar-refractivity contribution in [2.45, 2.75) is 53.4 Å². The minimum absolute atomic E-state index is 0.0754. The third kappa shape index (κ3) is 4.63. The lowest BCUT2D eigenvalue weighted by molar-refractivity contribution is -0.120. The Hall–Kier alpha value is -1.23. The van der Waals surface area contributed by atoms with Gasteiger partial charge in [-0.1, -0.05) is 20.8 Å². The molecule has 5 heteroatoms. The van der Waals surface area contributed by atoms with E-state index in [0.29, 0.717) is 24.2 Å². The van der Waals surface area contributed by atoms with E-state index in [9.17, 15) is 4.79 Å². The zero-order valence-corrected chi connectivity index (χ0v) is 14.2. The van der Waals surface area contributed by atoms with Crippen LogP contribution in [0.25, 0.3) is 0 Å². The average Bonchev–Trinajstić information content (AvgIpc) is 2.81. The van der Waals surface area contributed by atoms with Gasteiger partial charge in [0.15, 0.2) is 0 Å². The smallest absolute Gasteiger partial charge is 0.246 e. The van der Waals surface area contributed by atoms with Gasteiger partial charge in [-0.2, -0.15) is 5.10 Å². The van der Waals surface area contributed by atoms with E-state index in [1.54, 1.807) is 11.3 Å². The molecule has 1 N–H and O–H groups in total. The molecule has 0 spiro atoms. The van der Waals surface area contributed by atoms with Crippen molar-refractivity contribution < 1.29 is 4.79 Å². The SMILES string of the molecule is Cc1nc(CC(=O)NN=C2C[C@@H](C)CC[C@H]2C(C)C)cs1. The zero-order valence-electron chi connectivity index (χ0n) is 13.3.